The van der Waals surface area contributed by atoms with Gasteiger partial charge in [0.05, 0.1) is 23.0 Å². The molecule has 0 aromatic heterocycles. The Labute approximate surface area is 203 Å². The van der Waals surface area contributed by atoms with Crippen LogP contribution >= 0.6 is 0 Å². The molecule has 3 N–H and O–H groups in total. The summed E-state index contributed by atoms with van der Waals surface area (Å²) in [5, 5.41) is 8.23. The summed E-state index contributed by atoms with van der Waals surface area (Å²) in [6, 6.07) is 20.5. The summed E-state index contributed by atoms with van der Waals surface area (Å²) in [5.74, 6) is -1.16. The molecule has 0 fully saturated rings. The molecule has 0 aliphatic rings. The van der Waals surface area contributed by atoms with E-state index in [9.17, 15) is 19.2 Å². The van der Waals surface area contributed by atoms with Crippen LogP contribution in [-0.2, 0) is 9.59 Å². The van der Waals surface area contributed by atoms with Gasteiger partial charge in [0.2, 0.25) is 5.91 Å². The Morgan fingerprint density at radius 1 is 0.829 bits per heavy atom. The van der Waals surface area contributed by atoms with Gasteiger partial charge in [-0.25, -0.2) is 0 Å². The van der Waals surface area contributed by atoms with E-state index < -0.39 is 12.5 Å². The fourth-order valence-electron chi connectivity index (χ4n) is 3.37. The van der Waals surface area contributed by atoms with Gasteiger partial charge in [-0.15, -0.1) is 0 Å². The largest absolute Gasteiger partial charge is 0.482 e. The first-order chi connectivity index (χ1) is 16.7. The zero-order valence-corrected chi connectivity index (χ0v) is 19.8. The standard InChI is InChI=1S/C27H27N3O5/c1-17(20-9-5-4-6-10-20)28-27(34)22-11-7-8-12-23(22)30-26(33)16-35-25-15-21(18(2)31)13-14-24(25)29-19(3)32/h4-15,17H,16H2,1-3H3,(H,28,34)(H,29,32)(H,30,33). The van der Waals surface area contributed by atoms with Crippen LogP contribution < -0.4 is 20.7 Å². The van der Waals surface area contributed by atoms with Crippen LogP contribution in [0.2, 0.25) is 0 Å². The summed E-state index contributed by atoms with van der Waals surface area (Å²) >= 11 is 0. The summed E-state index contributed by atoms with van der Waals surface area (Å²) in [6.07, 6.45) is 0. The van der Waals surface area contributed by atoms with E-state index in [1.54, 1.807) is 36.4 Å². The van der Waals surface area contributed by atoms with Crippen LogP contribution in [0.15, 0.2) is 72.8 Å². The van der Waals surface area contributed by atoms with E-state index in [-0.39, 0.29) is 29.4 Å². The number of rotatable bonds is 9. The Hall–Kier alpha value is -4.46. The zero-order chi connectivity index (χ0) is 25.4. The van der Waals surface area contributed by atoms with E-state index in [0.717, 1.165) is 5.56 Å². The minimum Gasteiger partial charge on any atom is -0.482 e. The minimum absolute atomic E-state index is 0.182. The van der Waals surface area contributed by atoms with Gasteiger partial charge in [-0.1, -0.05) is 42.5 Å². The van der Waals surface area contributed by atoms with Crippen LogP contribution in [0.25, 0.3) is 0 Å². The molecule has 35 heavy (non-hydrogen) atoms. The number of nitrogens with one attached hydrogen (secondary N) is 3. The first-order valence-corrected chi connectivity index (χ1v) is 11.0. The highest BCUT2D eigenvalue weighted by atomic mass is 16.5. The second kappa shape index (κ2) is 11.6. The van der Waals surface area contributed by atoms with Gasteiger partial charge < -0.3 is 20.7 Å². The molecule has 0 radical (unpaired) electrons. The number of Topliss-reactive ketones (excluding diaryl/α,β-unsaturated/α-hetero) is 1. The smallest absolute Gasteiger partial charge is 0.262 e. The van der Waals surface area contributed by atoms with Crippen molar-refractivity contribution in [3.63, 3.8) is 0 Å². The van der Waals surface area contributed by atoms with Crippen LogP contribution in [0.3, 0.4) is 0 Å². The fourth-order valence-corrected chi connectivity index (χ4v) is 3.37. The minimum atomic E-state index is -0.511. The van der Waals surface area contributed by atoms with Crippen molar-refractivity contribution in [3.8, 4) is 5.75 Å². The molecule has 0 spiro atoms. The maximum absolute atomic E-state index is 12.9. The lowest BCUT2D eigenvalue weighted by Gasteiger charge is -2.17. The molecule has 0 bridgehead atoms. The molecule has 0 saturated carbocycles. The highest BCUT2D eigenvalue weighted by Crippen LogP contribution is 2.26. The number of hydrogen-bond donors (Lipinski definition) is 3. The Balaban J connectivity index is 1.69. The molecule has 0 saturated heterocycles. The lowest BCUT2D eigenvalue weighted by atomic mass is 10.1. The van der Waals surface area contributed by atoms with E-state index in [0.29, 0.717) is 22.5 Å². The van der Waals surface area contributed by atoms with Gasteiger partial charge in [-0.2, -0.15) is 0 Å². The first-order valence-electron chi connectivity index (χ1n) is 11.0. The van der Waals surface area contributed by atoms with Gasteiger partial charge in [0.1, 0.15) is 5.75 Å². The number of ketones is 1. The first kappa shape index (κ1) is 25.2. The monoisotopic (exact) mass is 473 g/mol. The molecule has 0 heterocycles. The van der Waals surface area contributed by atoms with E-state index >= 15 is 0 Å². The molecule has 0 aliphatic heterocycles. The molecular weight excluding hydrogens is 446 g/mol. The summed E-state index contributed by atoms with van der Waals surface area (Å²) in [6.45, 7) is 4.23. The number of hydrogen-bond acceptors (Lipinski definition) is 5. The molecule has 0 aliphatic carbocycles. The van der Waals surface area contributed by atoms with Crippen molar-refractivity contribution in [2.45, 2.75) is 26.8 Å². The van der Waals surface area contributed by atoms with E-state index in [2.05, 4.69) is 16.0 Å². The molecule has 1 atom stereocenters. The lowest BCUT2D eigenvalue weighted by Crippen LogP contribution is -2.28. The normalized spacial score (nSPS) is 11.2. The summed E-state index contributed by atoms with van der Waals surface area (Å²) in [7, 11) is 0. The van der Waals surface area contributed by atoms with Gasteiger partial charge in [0.25, 0.3) is 11.8 Å². The average Bonchev–Trinajstić information content (AvgIpc) is 2.83. The van der Waals surface area contributed by atoms with Crippen molar-refractivity contribution in [2.75, 3.05) is 17.2 Å². The Morgan fingerprint density at radius 2 is 1.51 bits per heavy atom. The third kappa shape index (κ3) is 7.01. The summed E-state index contributed by atoms with van der Waals surface area (Å²) < 4.78 is 5.61. The van der Waals surface area contributed by atoms with Crippen molar-refractivity contribution < 1.29 is 23.9 Å². The molecule has 8 nitrogen and oxygen atoms in total. The van der Waals surface area contributed by atoms with Crippen LogP contribution in [0.5, 0.6) is 5.75 Å². The summed E-state index contributed by atoms with van der Waals surface area (Å²) in [4.78, 5) is 48.7. The molecule has 3 rings (SSSR count). The number of ether oxygens (including phenoxy) is 1. The van der Waals surface area contributed by atoms with Gasteiger partial charge in [0.15, 0.2) is 12.4 Å². The SMILES string of the molecule is CC(=O)Nc1ccc(C(C)=O)cc1OCC(=O)Nc1ccccc1C(=O)NC(C)c1ccccc1. The molecule has 3 aromatic rings. The Bertz CT molecular complexity index is 1240. The van der Waals surface area contributed by atoms with Crippen LogP contribution in [0.4, 0.5) is 11.4 Å². The number of amides is 3. The second-order valence-corrected chi connectivity index (χ2v) is 7.94. The second-order valence-electron chi connectivity index (χ2n) is 7.94. The molecule has 180 valence electrons. The highest BCUT2D eigenvalue weighted by Gasteiger charge is 2.17. The molecular formula is C27H27N3O5. The third-order valence-electron chi connectivity index (χ3n) is 5.15. The fraction of sp³-hybridized carbons (Fsp3) is 0.185. The third-order valence-corrected chi connectivity index (χ3v) is 5.15. The van der Waals surface area contributed by atoms with Gasteiger partial charge in [-0.05, 0) is 49.7 Å². The number of benzene rings is 3. The van der Waals surface area contributed by atoms with Gasteiger partial charge in [0, 0.05) is 12.5 Å². The van der Waals surface area contributed by atoms with Crippen molar-refractivity contribution in [1.82, 2.24) is 5.32 Å². The van der Waals surface area contributed by atoms with Crippen molar-refractivity contribution in [3.05, 3.63) is 89.5 Å². The maximum Gasteiger partial charge on any atom is 0.262 e. The van der Waals surface area contributed by atoms with E-state index in [1.807, 2.05) is 37.3 Å². The Morgan fingerprint density at radius 3 is 2.20 bits per heavy atom. The number of anilines is 2. The van der Waals surface area contributed by atoms with Crippen molar-refractivity contribution in [1.29, 1.82) is 0 Å². The molecule has 3 aromatic carbocycles. The van der Waals surface area contributed by atoms with Gasteiger partial charge >= 0.3 is 0 Å². The molecule has 1 unspecified atom stereocenters. The van der Waals surface area contributed by atoms with E-state index in [1.165, 1.54) is 19.9 Å². The van der Waals surface area contributed by atoms with Crippen LogP contribution in [0, 0.1) is 0 Å². The average molecular weight is 474 g/mol. The molecule has 8 heteroatoms. The molecule has 3 amide bonds. The lowest BCUT2D eigenvalue weighted by molar-refractivity contribution is -0.118. The predicted molar refractivity (Wildman–Crippen MR) is 134 cm³/mol. The van der Waals surface area contributed by atoms with Gasteiger partial charge in [-0.3, -0.25) is 19.2 Å². The van der Waals surface area contributed by atoms with Crippen LogP contribution in [-0.4, -0.2) is 30.1 Å². The topological polar surface area (TPSA) is 114 Å². The van der Waals surface area contributed by atoms with Crippen molar-refractivity contribution in [2.24, 2.45) is 0 Å². The number of para-hydroxylation sites is 1. The van der Waals surface area contributed by atoms with Crippen molar-refractivity contribution >= 4 is 34.9 Å². The summed E-state index contributed by atoms with van der Waals surface area (Å²) in [5.41, 5.74) is 2.31. The number of carbonyl (C=O) groups excluding carboxylic acids is 4. The quantitative estimate of drug-likeness (QED) is 0.400. The van der Waals surface area contributed by atoms with Crippen LogP contribution in [0.1, 0.15) is 53.1 Å². The Kier molecular flexibility index (Phi) is 8.34. The predicted octanol–water partition coefficient (Wildman–Crippen LogP) is 4.36. The maximum atomic E-state index is 12.9. The number of carbonyl (C=O) groups is 4. The highest BCUT2D eigenvalue weighted by molar-refractivity contribution is 6.04. The van der Waals surface area contributed by atoms with E-state index in [4.69, 9.17) is 4.74 Å². The zero-order valence-electron chi connectivity index (χ0n) is 19.8.